The lowest BCUT2D eigenvalue weighted by Crippen LogP contribution is -2.37. The lowest BCUT2D eigenvalue weighted by Gasteiger charge is -2.20. The molecule has 110 valence electrons. The third-order valence-corrected chi connectivity index (χ3v) is 4.95. The standard InChI is InChI=1S/C12H16N2O5S/c1-9-8-10(4-5-11(9)18-2)13-6-7-14(12(15)19-3)20(13,16)17/h4-5,8H,6-7H2,1-3H3. The zero-order valence-corrected chi connectivity index (χ0v) is 12.3. The summed E-state index contributed by atoms with van der Waals surface area (Å²) < 4.78 is 36.1. The van der Waals surface area contributed by atoms with E-state index in [0.717, 1.165) is 12.7 Å². The van der Waals surface area contributed by atoms with E-state index in [9.17, 15) is 13.2 Å². The molecule has 7 nitrogen and oxygen atoms in total. The molecule has 0 spiro atoms. The van der Waals surface area contributed by atoms with Crippen molar-refractivity contribution in [3.8, 4) is 5.75 Å². The predicted octanol–water partition coefficient (Wildman–Crippen LogP) is 1.14. The Labute approximate surface area is 117 Å². The SMILES string of the molecule is COC(=O)N1CCN(c2ccc(OC)c(C)c2)S1(=O)=O. The van der Waals surface area contributed by atoms with Crippen LogP contribution in [-0.2, 0) is 14.9 Å². The van der Waals surface area contributed by atoms with Crippen LogP contribution in [0.1, 0.15) is 5.56 Å². The van der Waals surface area contributed by atoms with E-state index in [1.54, 1.807) is 25.3 Å². The first-order valence-electron chi connectivity index (χ1n) is 5.95. The quantitative estimate of drug-likeness (QED) is 0.818. The van der Waals surface area contributed by atoms with Gasteiger partial charge in [-0.15, -0.1) is 0 Å². The average molecular weight is 300 g/mol. The van der Waals surface area contributed by atoms with Gasteiger partial charge in [-0.25, -0.2) is 4.79 Å². The van der Waals surface area contributed by atoms with Crippen LogP contribution in [0.5, 0.6) is 5.75 Å². The molecule has 8 heteroatoms. The Morgan fingerprint density at radius 1 is 1.25 bits per heavy atom. The van der Waals surface area contributed by atoms with Gasteiger partial charge in [0.2, 0.25) is 0 Å². The molecule has 2 rings (SSSR count). The Hall–Kier alpha value is -1.96. The van der Waals surface area contributed by atoms with Crippen molar-refractivity contribution in [1.29, 1.82) is 0 Å². The van der Waals surface area contributed by atoms with Crippen molar-refractivity contribution in [2.75, 3.05) is 31.6 Å². The molecule has 0 aliphatic carbocycles. The van der Waals surface area contributed by atoms with E-state index in [1.165, 1.54) is 4.31 Å². The summed E-state index contributed by atoms with van der Waals surface area (Å²) in [5.41, 5.74) is 1.31. The first kappa shape index (κ1) is 14.4. The number of benzene rings is 1. The molecule has 0 radical (unpaired) electrons. The van der Waals surface area contributed by atoms with Crippen LogP contribution in [0.25, 0.3) is 0 Å². The van der Waals surface area contributed by atoms with Gasteiger partial charge in [-0.2, -0.15) is 12.7 Å². The molecule has 1 aromatic rings. The van der Waals surface area contributed by atoms with Crippen molar-refractivity contribution < 1.29 is 22.7 Å². The molecule has 1 fully saturated rings. The molecule has 1 saturated heterocycles. The number of rotatable bonds is 2. The monoisotopic (exact) mass is 300 g/mol. The predicted molar refractivity (Wildman–Crippen MR) is 73.1 cm³/mol. The van der Waals surface area contributed by atoms with E-state index in [0.29, 0.717) is 15.7 Å². The lowest BCUT2D eigenvalue weighted by atomic mass is 10.2. The summed E-state index contributed by atoms with van der Waals surface area (Å²) in [6.45, 7) is 2.09. The maximum absolute atomic E-state index is 12.3. The van der Waals surface area contributed by atoms with Crippen molar-refractivity contribution in [2.45, 2.75) is 6.92 Å². The third-order valence-electron chi connectivity index (χ3n) is 3.11. The largest absolute Gasteiger partial charge is 0.496 e. The molecule has 0 N–H and O–H groups in total. The second kappa shape index (κ2) is 5.20. The van der Waals surface area contributed by atoms with Gasteiger partial charge in [0.05, 0.1) is 33.0 Å². The van der Waals surface area contributed by atoms with E-state index in [-0.39, 0.29) is 13.1 Å². The van der Waals surface area contributed by atoms with Gasteiger partial charge in [0.25, 0.3) is 0 Å². The number of carbonyl (C=O) groups is 1. The zero-order chi connectivity index (χ0) is 14.9. The molecule has 20 heavy (non-hydrogen) atoms. The minimum atomic E-state index is -3.88. The number of amides is 1. The molecular weight excluding hydrogens is 284 g/mol. The van der Waals surface area contributed by atoms with E-state index in [4.69, 9.17) is 4.74 Å². The first-order chi connectivity index (χ1) is 9.41. The van der Waals surface area contributed by atoms with Gasteiger partial charge in [0.15, 0.2) is 0 Å². The van der Waals surface area contributed by atoms with Crippen LogP contribution in [0.2, 0.25) is 0 Å². The van der Waals surface area contributed by atoms with Gasteiger partial charge in [-0.1, -0.05) is 0 Å². The number of methoxy groups -OCH3 is 2. The van der Waals surface area contributed by atoms with Crippen molar-refractivity contribution in [2.24, 2.45) is 0 Å². The fourth-order valence-corrected chi connectivity index (χ4v) is 3.60. The normalized spacial score (nSPS) is 17.1. The Balaban J connectivity index is 2.35. The molecular formula is C12H16N2O5S. The fraction of sp³-hybridized carbons (Fsp3) is 0.417. The van der Waals surface area contributed by atoms with Crippen LogP contribution < -0.4 is 9.04 Å². The molecule has 1 aliphatic rings. The average Bonchev–Trinajstić information content (AvgIpc) is 2.73. The second-order valence-corrected chi connectivity index (χ2v) is 6.05. The smallest absolute Gasteiger partial charge is 0.424 e. The third kappa shape index (κ3) is 2.26. The highest BCUT2D eigenvalue weighted by atomic mass is 32.2. The maximum atomic E-state index is 12.3. The molecule has 0 aromatic heterocycles. The topological polar surface area (TPSA) is 76.2 Å². The summed E-state index contributed by atoms with van der Waals surface area (Å²) in [7, 11) is -1.18. The number of nitrogens with zero attached hydrogens (tertiary/aromatic N) is 2. The number of aryl methyl sites for hydroxylation is 1. The van der Waals surface area contributed by atoms with Gasteiger partial charge in [-0.05, 0) is 30.7 Å². The van der Waals surface area contributed by atoms with Crippen molar-refractivity contribution >= 4 is 22.0 Å². The number of anilines is 1. The van der Waals surface area contributed by atoms with Gasteiger partial charge in [0.1, 0.15) is 5.75 Å². The number of hydrogen-bond acceptors (Lipinski definition) is 5. The van der Waals surface area contributed by atoms with E-state index >= 15 is 0 Å². The van der Waals surface area contributed by atoms with Gasteiger partial charge < -0.3 is 9.47 Å². The minimum Gasteiger partial charge on any atom is -0.496 e. The van der Waals surface area contributed by atoms with Crippen molar-refractivity contribution in [3.05, 3.63) is 23.8 Å². The summed E-state index contributed by atoms with van der Waals surface area (Å²) >= 11 is 0. The molecule has 1 aliphatic heterocycles. The van der Waals surface area contributed by atoms with Crippen LogP contribution in [0.4, 0.5) is 10.5 Å². The minimum absolute atomic E-state index is 0.0695. The molecule has 0 bridgehead atoms. The highest BCUT2D eigenvalue weighted by molar-refractivity contribution is 7.91. The summed E-state index contributed by atoms with van der Waals surface area (Å²) in [4.78, 5) is 11.5. The maximum Gasteiger partial charge on any atom is 0.424 e. The Bertz CT molecular complexity index is 629. The van der Waals surface area contributed by atoms with Crippen LogP contribution >= 0.6 is 0 Å². The number of hydrogen-bond donors (Lipinski definition) is 0. The Morgan fingerprint density at radius 2 is 1.95 bits per heavy atom. The molecule has 1 aromatic carbocycles. The molecule has 0 atom stereocenters. The molecule has 1 amide bonds. The van der Waals surface area contributed by atoms with E-state index < -0.39 is 16.3 Å². The highest BCUT2D eigenvalue weighted by Gasteiger charge is 2.40. The second-order valence-electron chi connectivity index (χ2n) is 4.28. The van der Waals surface area contributed by atoms with E-state index in [2.05, 4.69) is 4.74 Å². The van der Waals surface area contributed by atoms with Gasteiger partial charge >= 0.3 is 16.3 Å². The molecule has 0 saturated carbocycles. The summed E-state index contributed by atoms with van der Waals surface area (Å²) in [6, 6.07) is 5.04. The lowest BCUT2D eigenvalue weighted by molar-refractivity contribution is 0.152. The van der Waals surface area contributed by atoms with Gasteiger partial charge in [0, 0.05) is 0 Å². The summed E-state index contributed by atoms with van der Waals surface area (Å²) in [5, 5.41) is 0. The van der Waals surface area contributed by atoms with Crippen molar-refractivity contribution in [3.63, 3.8) is 0 Å². The fourth-order valence-electron chi connectivity index (χ4n) is 2.10. The van der Waals surface area contributed by atoms with Crippen LogP contribution in [0.3, 0.4) is 0 Å². The van der Waals surface area contributed by atoms with Crippen LogP contribution in [-0.4, -0.2) is 46.1 Å². The Morgan fingerprint density at radius 3 is 2.50 bits per heavy atom. The van der Waals surface area contributed by atoms with Crippen LogP contribution in [0, 0.1) is 6.92 Å². The zero-order valence-electron chi connectivity index (χ0n) is 11.5. The summed E-state index contributed by atoms with van der Waals surface area (Å²) in [6.07, 6.45) is -0.877. The number of carbonyl (C=O) groups excluding carboxylic acids is 1. The number of ether oxygens (including phenoxy) is 2. The van der Waals surface area contributed by atoms with Gasteiger partial charge in [-0.3, -0.25) is 4.31 Å². The molecule has 1 heterocycles. The van der Waals surface area contributed by atoms with Crippen molar-refractivity contribution in [1.82, 2.24) is 4.31 Å². The molecule has 0 unspecified atom stereocenters. The first-order valence-corrected chi connectivity index (χ1v) is 7.34. The highest BCUT2D eigenvalue weighted by Crippen LogP contribution is 2.29. The van der Waals surface area contributed by atoms with E-state index in [1.807, 2.05) is 6.92 Å². The van der Waals surface area contributed by atoms with Crippen LogP contribution in [0.15, 0.2) is 18.2 Å². The Kier molecular flexibility index (Phi) is 3.76. The summed E-state index contributed by atoms with van der Waals surface area (Å²) in [5.74, 6) is 0.676.